The molecule has 108 valence electrons. The van der Waals surface area contributed by atoms with Crippen LogP contribution in [-0.4, -0.2) is 24.1 Å². The number of aromatic nitrogens is 5. The Kier molecular flexibility index (Phi) is 3.27. The zero-order chi connectivity index (χ0) is 14.2. The lowest BCUT2D eigenvalue weighted by Crippen LogP contribution is -1.98. The summed E-state index contributed by atoms with van der Waals surface area (Å²) in [5.41, 5.74) is 0. The van der Waals surface area contributed by atoms with Gasteiger partial charge in [-0.05, 0) is 55.2 Å². The largest absolute Gasteiger partial charge is 0.461 e. The second-order valence-electron chi connectivity index (χ2n) is 4.82. The van der Waals surface area contributed by atoms with Gasteiger partial charge in [-0.1, -0.05) is 0 Å². The van der Waals surface area contributed by atoms with Gasteiger partial charge >= 0.3 is 0 Å². The normalized spacial score (nSPS) is 14.7. The van der Waals surface area contributed by atoms with Crippen LogP contribution in [0.3, 0.4) is 0 Å². The minimum absolute atomic E-state index is 0.582. The first kappa shape index (κ1) is 13.0. The van der Waals surface area contributed by atoms with Crippen LogP contribution in [0.4, 0.5) is 0 Å². The monoisotopic (exact) mass is 319 g/mol. The molecule has 0 saturated heterocycles. The highest BCUT2D eigenvalue weighted by Gasteiger charge is 2.28. The third kappa shape index (κ3) is 2.49. The molecule has 0 unspecified atom stereocenters. The van der Waals surface area contributed by atoms with Gasteiger partial charge in [-0.25, -0.2) is 4.98 Å². The quantitative estimate of drug-likeness (QED) is 0.717. The van der Waals surface area contributed by atoms with Gasteiger partial charge < -0.3 is 4.42 Å². The molecule has 3 aromatic heterocycles. The van der Waals surface area contributed by atoms with E-state index >= 15 is 0 Å². The average molecular weight is 319 g/mol. The van der Waals surface area contributed by atoms with Crippen molar-refractivity contribution >= 4 is 23.3 Å². The molecule has 1 fully saturated rings. The molecule has 0 spiro atoms. The third-order valence-corrected chi connectivity index (χ3v) is 5.07. The van der Waals surface area contributed by atoms with Crippen LogP contribution in [-0.2, 0) is 6.54 Å². The highest BCUT2D eigenvalue weighted by Crippen LogP contribution is 2.40. The number of furan rings is 1. The number of rotatable bonds is 5. The summed E-state index contributed by atoms with van der Waals surface area (Å²) in [5, 5.41) is 9.32. The van der Waals surface area contributed by atoms with Gasteiger partial charge in [-0.3, -0.25) is 4.57 Å². The van der Waals surface area contributed by atoms with E-state index in [2.05, 4.69) is 26.5 Å². The van der Waals surface area contributed by atoms with Crippen molar-refractivity contribution in [2.75, 3.05) is 0 Å². The van der Waals surface area contributed by atoms with Gasteiger partial charge in [0, 0.05) is 12.5 Å². The van der Waals surface area contributed by atoms with E-state index in [4.69, 9.17) is 4.42 Å². The van der Waals surface area contributed by atoms with E-state index in [0.29, 0.717) is 5.92 Å². The number of nitrogens with zero attached hydrogens (tertiary/aromatic N) is 5. The molecule has 0 bridgehead atoms. The Bertz CT molecular complexity index is 745. The molecule has 6 nitrogen and oxygen atoms in total. The van der Waals surface area contributed by atoms with Gasteiger partial charge in [0.15, 0.2) is 21.1 Å². The van der Waals surface area contributed by atoms with Crippen LogP contribution >= 0.6 is 23.3 Å². The van der Waals surface area contributed by atoms with Crippen molar-refractivity contribution in [1.29, 1.82) is 0 Å². The summed E-state index contributed by atoms with van der Waals surface area (Å²) in [4.78, 5) is 4.58. The van der Waals surface area contributed by atoms with Gasteiger partial charge in [0.25, 0.3) is 0 Å². The minimum atomic E-state index is 0.582. The second-order valence-corrected chi connectivity index (χ2v) is 6.79. The van der Waals surface area contributed by atoms with Crippen LogP contribution in [0.1, 0.15) is 31.5 Å². The maximum atomic E-state index is 5.41. The molecule has 1 aliphatic rings. The first-order valence-electron chi connectivity index (χ1n) is 6.83. The zero-order valence-corrected chi connectivity index (χ0v) is 13.0. The molecule has 0 N–H and O–H groups in total. The molecule has 0 atom stereocenters. The lowest BCUT2D eigenvalue weighted by atomic mass is 10.4. The average Bonchev–Trinajstić information content (AvgIpc) is 2.95. The Hall–Kier alpha value is -1.67. The van der Waals surface area contributed by atoms with E-state index in [1.807, 2.05) is 16.7 Å². The summed E-state index contributed by atoms with van der Waals surface area (Å²) in [7, 11) is 0. The molecular formula is C13H13N5OS2. The molecule has 0 radical (unpaired) electrons. The van der Waals surface area contributed by atoms with Gasteiger partial charge in [0.1, 0.15) is 5.82 Å². The summed E-state index contributed by atoms with van der Waals surface area (Å²) in [6, 6.07) is 3.74. The van der Waals surface area contributed by atoms with E-state index < -0.39 is 0 Å². The van der Waals surface area contributed by atoms with Crippen molar-refractivity contribution in [3.63, 3.8) is 0 Å². The second kappa shape index (κ2) is 5.27. The van der Waals surface area contributed by atoms with E-state index in [0.717, 1.165) is 33.4 Å². The van der Waals surface area contributed by atoms with Crippen LogP contribution in [0.15, 0.2) is 32.3 Å². The SMILES string of the molecule is CCn1c(Sc2nc(C3CC3)ns2)nnc1-c1ccco1. The van der Waals surface area contributed by atoms with Crippen LogP contribution in [0, 0.1) is 0 Å². The van der Waals surface area contributed by atoms with Gasteiger partial charge in [-0.15, -0.1) is 10.2 Å². The number of hydrogen-bond donors (Lipinski definition) is 0. The Balaban J connectivity index is 1.62. The lowest BCUT2D eigenvalue weighted by molar-refractivity contribution is 0.567. The first-order chi connectivity index (χ1) is 10.3. The van der Waals surface area contributed by atoms with Crippen molar-refractivity contribution in [3.05, 3.63) is 24.2 Å². The molecule has 3 heterocycles. The molecule has 3 aromatic rings. The molecule has 21 heavy (non-hydrogen) atoms. The highest BCUT2D eigenvalue weighted by atomic mass is 32.2. The van der Waals surface area contributed by atoms with Gasteiger partial charge in [0.2, 0.25) is 0 Å². The number of hydrogen-bond acceptors (Lipinski definition) is 7. The molecule has 0 amide bonds. The molecule has 1 aliphatic carbocycles. The summed E-state index contributed by atoms with van der Waals surface area (Å²) >= 11 is 2.95. The van der Waals surface area contributed by atoms with E-state index in [1.54, 1.807) is 6.26 Å². The fourth-order valence-corrected chi connectivity index (χ4v) is 3.77. The Labute approximate surface area is 129 Å². The van der Waals surface area contributed by atoms with Crippen molar-refractivity contribution in [1.82, 2.24) is 24.1 Å². The molecule has 1 saturated carbocycles. The van der Waals surface area contributed by atoms with Crippen molar-refractivity contribution < 1.29 is 4.42 Å². The summed E-state index contributed by atoms with van der Waals surface area (Å²) in [5.74, 6) is 3.04. The summed E-state index contributed by atoms with van der Waals surface area (Å²) in [6.45, 7) is 2.84. The molecule has 4 rings (SSSR count). The smallest absolute Gasteiger partial charge is 0.200 e. The zero-order valence-electron chi connectivity index (χ0n) is 11.4. The fraction of sp³-hybridized carbons (Fsp3) is 0.385. The third-order valence-electron chi connectivity index (χ3n) is 3.32. The van der Waals surface area contributed by atoms with Gasteiger partial charge in [-0.2, -0.15) is 4.37 Å². The predicted molar refractivity (Wildman–Crippen MR) is 79.4 cm³/mol. The van der Waals surface area contributed by atoms with Crippen molar-refractivity contribution in [3.8, 4) is 11.6 Å². The maximum Gasteiger partial charge on any atom is 0.200 e. The highest BCUT2D eigenvalue weighted by molar-refractivity contribution is 8.00. The maximum absolute atomic E-state index is 5.41. The Morgan fingerprint density at radius 1 is 1.43 bits per heavy atom. The van der Waals surface area contributed by atoms with E-state index in [9.17, 15) is 0 Å². The summed E-state index contributed by atoms with van der Waals surface area (Å²) in [6.07, 6.45) is 4.08. The van der Waals surface area contributed by atoms with Crippen LogP contribution in [0.5, 0.6) is 0 Å². The van der Waals surface area contributed by atoms with Crippen LogP contribution in [0.25, 0.3) is 11.6 Å². The standard InChI is InChI=1S/C13H13N5OS2/c1-2-18-11(9-4-3-7-19-9)15-16-12(18)20-13-14-10(17-21-13)8-5-6-8/h3-4,7-8H,2,5-6H2,1H3. The molecule has 0 aromatic carbocycles. The Morgan fingerprint density at radius 2 is 2.33 bits per heavy atom. The van der Waals surface area contributed by atoms with E-state index in [-0.39, 0.29) is 0 Å². The topological polar surface area (TPSA) is 69.6 Å². The van der Waals surface area contributed by atoms with Crippen LogP contribution < -0.4 is 0 Å². The predicted octanol–water partition coefficient (Wildman–Crippen LogP) is 3.44. The molecule has 8 heteroatoms. The summed E-state index contributed by atoms with van der Waals surface area (Å²) < 4.78 is 12.8. The van der Waals surface area contributed by atoms with E-state index in [1.165, 1.54) is 36.1 Å². The lowest BCUT2D eigenvalue weighted by Gasteiger charge is -2.03. The molecule has 0 aliphatic heterocycles. The van der Waals surface area contributed by atoms with Crippen LogP contribution in [0.2, 0.25) is 0 Å². The molecular weight excluding hydrogens is 306 g/mol. The first-order valence-corrected chi connectivity index (χ1v) is 8.42. The minimum Gasteiger partial charge on any atom is -0.461 e. The Morgan fingerprint density at radius 3 is 3.05 bits per heavy atom. The fourth-order valence-electron chi connectivity index (χ4n) is 2.08. The van der Waals surface area contributed by atoms with Gasteiger partial charge in [0.05, 0.1) is 6.26 Å². The van der Waals surface area contributed by atoms with Crippen molar-refractivity contribution in [2.45, 2.75) is 41.7 Å². The van der Waals surface area contributed by atoms with Crippen molar-refractivity contribution in [2.24, 2.45) is 0 Å².